The van der Waals surface area contributed by atoms with Gasteiger partial charge in [-0.1, -0.05) is 0 Å². The molecule has 0 saturated heterocycles. The van der Waals surface area contributed by atoms with Gasteiger partial charge in [0.15, 0.2) is 11.5 Å². The number of carbonyl (C=O) groups is 1. The van der Waals surface area contributed by atoms with Gasteiger partial charge < -0.3 is 24.2 Å². The minimum absolute atomic E-state index is 0.00141. The molecule has 1 aromatic carbocycles. The maximum atomic E-state index is 12.6. The quantitative estimate of drug-likeness (QED) is 0.888. The number of rotatable bonds is 5. The van der Waals surface area contributed by atoms with E-state index in [1.54, 1.807) is 0 Å². The van der Waals surface area contributed by atoms with Crippen molar-refractivity contribution in [3.05, 3.63) is 17.7 Å². The predicted octanol–water partition coefficient (Wildman–Crippen LogP) is 2.28. The van der Waals surface area contributed by atoms with Crippen molar-refractivity contribution in [2.45, 2.75) is 44.4 Å². The Bertz CT molecular complexity index is 631. The normalized spacial score (nSPS) is 18.0. The Morgan fingerprint density at radius 2 is 1.96 bits per heavy atom. The van der Waals surface area contributed by atoms with E-state index in [2.05, 4.69) is 4.74 Å². The van der Waals surface area contributed by atoms with Crippen molar-refractivity contribution in [1.29, 1.82) is 0 Å². The molecule has 1 N–H and O–H groups in total. The van der Waals surface area contributed by atoms with Crippen molar-refractivity contribution in [1.82, 2.24) is 4.90 Å². The molecule has 1 heterocycles. The first-order valence-electron chi connectivity index (χ1n) is 7.74. The largest absolute Gasteiger partial charge is 0.454 e. The van der Waals surface area contributed by atoms with Gasteiger partial charge in [-0.3, -0.25) is 4.79 Å². The van der Waals surface area contributed by atoms with Crippen LogP contribution in [0.3, 0.4) is 0 Å². The van der Waals surface area contributed by atoms with Crippen molar-refractivity contribution in [3.63, 3.8) is 0 Å². The zero-order valence-electron chi connectivity index (χ0n) is 13.3. The second kappa shape index (κ2) is 6.43. The lowest BCUT2D eigenvalue weighted by Crippen LogP contribution is -2.45. The summed E-state index contributed by atoms with van der Waals surface area (Å²) < 4.78 is 40.2. The van der Waals surface area contributed by atoms with Gasteiger partial charge in [0.2, 0.25) is 6.79 Å². The van der Waals surface area contributed by atoms with Gasteiger partial charge in [-0.2, -0.15) is 8.78 Å². The molecule has 2 aliphatic rings. The number of hydrogen-bond donors (Lipinski definition) is 1. The van der Waals surface area contributed by atoms with E-state index in [0.29, 0.717) is 29.9 Å². The van der Waals surface area contributed by atoms with Crippen LogP contribution in [0.1, 0.15) is 31.2 Å². The summed E-state index contributed by atoms with van der Waals surface area (Å²) in [7, 11) is 1.52. The molecule has 0 radical (unpaired) electrons. The molecular weight excluding hydrogens is 324 g/mol. The van der Waals surface area contributed by atoms with Crippen LogP contribution in [-0.4, -0.2) is 42.0 Å². The molecule has 132 valence electrons. The van der Waals surface area contributed by atoms with Crippen LogP contribution in [0.5, 0.6) is 17.2 Å². The standard InChI is InChI=1S/C16H19F2NO5/c1-19(14(20)16(21)4-2-3-5-16)8-10-6-12-13(23-9-22-12)7-11(10)24-15(17)18/h6-7,15,21H,2-5,8-9H2,1H3. The molecule has 1 fully saturated rings. The first kappa shape index (κ1) is 16.8. The summed E-state index contributed by atoms with van der Waals surface area (Å²) in [6, 6.07) is 2.84. The Labute approximate surface area is 137 Å². The van der Waals surface area contributed by atoms with Crippen LogP contribution in [0.25, 0.3) is 0 Å². The Morgan fingerprint density at radius 3 is 2.58 bits per heavy atom. The summed E-state index contributed by atoms with van der Waals surface area (Å²) in [5.74, 6) is 0.234. The number of halogens is 2. The van der Waals surface area contributed by atoms with Crippen LogP contribution in [0, 0.1) is 0 Å². The van der Waals surface area contributed by atoms with Crippen LogP contribution in [-0.2, 0) is 11.3 Å². The summed E-state index contributed by atoms with van der Waals surface area (Å²) in [6.07, 6.45) is 2.41. The highest BCUT2D eigenvalue weighted by Gasteiger charge is 2.40. The Morgan fingerprint density at radius 1 is 1.33 bits per heavy atom. The van der Waals surface area contributed by atoms with Gasteiger partial charge in [0.05, 0.1) is 0 Å². The summed E-state index contributed by atoms with van der Waals surface area (Å²) in [4.78, 5) is 13.8. The van der Waals surface area contributed by atoms with E-state index in [9.17, 15) is 18.7 Å². The van der Waals surface area contributed by atoms with Crippen molar-refractivity contribution >= 4 is 5.91 Å². The Kier molecular flexibility index (Phi) is 4.49. The molecule has 1 aromatic rings. The van der Waals surface area contributed by atoms with Crippen molar-refractivity contribution in [3.8, 4) is 17.2 Å². The van der Waals surface area contributed by atoms with Crippen molar-refractivity contribution < 1.29 is 32.9 Å². The van der Waals surface area contributed by atoms with Crippen LogP contribution in [0.15, 0.2) is 12.1 Å². The highest BCUT2D eigenvalue weighted by molar-refractivity contribution is 5.85. The first-order valence-corrected chi connectivity index (χ1v) is 7.74. The number of carbonyl (C=O) groups excluding carboxylic acids is 1. The fourth-order valence-corrected chi connectivity index (χ4v) is 3.15. The van der Waals surface area contributed by atoms with Gasteiger partial charge in [-0.05, 0) is 31.7 Å². The number of benzene rings is 1. The minimum atomic E-state index is -3.00. The van der Waals surface area contributed by atoms with Crippen molar-refractivity contribution in [2.75, 3.05) is 13.8 Å². The van der Waals surface area contributed by atoms with Gasteiger partial charge in [-0.15, -0.1) is 0 Å². The molecule has 3 rings (SSSR count). The topological polar surface area (TPSA) is 68.2 Å². The highest BCUT2D eigenvalue weighted by Crippen LogP contribution is 2.39. The van der Waals surface area contributed by atoms with Gasteiger partial charge in [0, 0.05) is 25.2 Å². The summed E-state index contributed by atoms with van der Waals surface area (Å²) in [5, 5.41) is 10.4. The van der Waals surface area contributed by atoms with Gasteiger partial charge in [-0.25, -0.2) is 0 Å². The Balaban J connectivity index is 1.81. The zero-order valence-corrected chi connectivity index (χ0v) is 13.3. The number of fused-ring (bicyclic) bond motifs is 1. The van der Waals surface area contributed by atoms with Crippen LogP contribution < -0.4 is 14.2 Å². The monoisotopic (exact) mass is 343 g/mol. The van der Waals surface area contributed by atoms with E-state index in [1.807, 2.05) is 0 Å². The number of hydrogen-bond acceptors (Lipinski definition) is 5. The third kappa shape index (κ3) is 3.24. The van der Waals surface area contributed by atoms with Gasteiger partial charge in [0.25, 0.3) is 5.91 Å². The van der Waals surface area contributed by atoms with E-state index in [4.69, 9.17) is 9.47 Å². The molecule has 0 bridgehead atoms. The van der Waals surface area contributed by atoms with Crippen LogP contribution >= 0.6 is 0 Å². The molecule has 24 heavy (non-hydrogen) atoms. The number of likely N-dealkylation sites (N-methyl/N-ethyl adjacent to an activating group) is 1. The molecule has 0 spiro atoms. The van der Waals surface area contributed by atoms with Crippen molar-refractivity contribution in [2.24, 2.45) is 0 Å². The lowest BCUT2D eigenvalue weighted by molar-refractivity contribution is -0.149. The SMILES string of the molecule is CN(Cc1cc2c(cc1OC(F)F)OCO2)C(=O)C1(O)CCCC1. The van der Waals surface area contributed by atoms with E-state index in [-0.39, 0.29) is 19.1 Å². The number of amides is 1. The molecule has 0 unspecified atom stereocenters. The lowest BCUT2D eigenvalue weighted by Gasteiger charge is -2.28. The molecule has 1 saturated carbocycles. The maximum Gasteiger partial charge on any atom is 0.387 e. The van der Waals surface area contributed by atoms with Crippen LogP contribution in [0.2, 0.25) is 0 Å². The lowest BCUT2D eigenvalue weighted by atomic mass is 10.0. The number of ether oxygens (including phenoxy) is 3. The molecule has 1 aliphatic carbocycles. The molecule has 1 aliphatic heterocycles. The Hall–Kier alpha value is -2.09. The van der Waals surface area contributed by atoms with E-state index in [1.165, 1.54) is 24.1 Å². The number of alkyl halides is 2. The number of aliphatic hydroxyl groups is 1. The minimum Gasteiger partial charge on any atom is -0.454 e. The zero-order chi connectivity index (χ0) is 17.3. The summed E-state index contributed by atoms with van der Waals surface area (Å²) in [6.45, 7) is -2.98. The fraction of sp³-hybridized carbons (Fsp3) is 0.562. The fourth-order valence-electron chi connectivity index (χ4n) is 3.15. The second-order valence-corrected chi connectivity index (χ2v) is 6.09. The molecule has 0 aromatic heterocycles. The third-order valence-electron chi connectivity index (χ3n) is 4.35. The highest BCUT2D eigenvalue weighted by atomic mass is 19.3. The smallest absolute Gasteiger partial charge is 0.387 e. The second-order valence-electron chi connectivity index (χ2n) is 6.09. The summed E-state index contributed by atoms with van der Waals surface area (Å²) >= 11 is 0. The van der Waals surface area contributed by atoms with Gasteiger partial charge in [0.1, 0.15) is 11.4 Å². The maximum absolute atomic E-state index is 12.6. The van der Waals surface area contributed by atoms with E-state index in [0.717, 1.165) is 12.8 Å². The summed E-state index contributed by atoms with van der Waals surface area (Å²) in [5.41, 5.74) is -1.01. The predicted molar refractivity (Wildman–Crippen MR) is 79.1 cm³/mol. The molecule has 0 atom stereocenters. The molecule has 8 heteroatoms. The van der Waals surface area contributed by atoms with E-state index >= 15 is 0 Å². The van der Waals surface area contributed by atoms with E-state index < -0.39 is 18.1 Å². The van der Waals surface area contributed by atoms with Gasteiger partial charge >= 0.3 is 6.61 Å². The third-order valence-corrected chi connectivity index (χ3v) is 4.35. The molecule has 6 nitrogen and oxygen atoms in total. The average Bonchev–Trinajstić information content (AvgIpc) is 3.15. The number of nitrogens with zero attached hydrogens (tertiary/aromatic N) is 1. The van der Waals surface area contributed by atoms with Crippen LogP contribution in [0.4, 0.5) is 8.78 Å². The molecular formula is C16H19F2NO5. The average molecular weight is 343 g/mol. The first-order chi connectivity index (χ1) is 11.4. The molecule has 1 amide bonds.